The largest absolute Gasteiger partial charge is 0.396 e. The van der Waals surface area contributed by atoms with Gasteiger partial charge in [0.15, 0.2) is 0 Å². The maximum atomic E-state index is 11.8. The number of rotatable bonds is 4. The Hall–Kier alpha value is -1.56. The summed E-state index contributed by atoms with van der Waals surface area (Å²) in [6, 6.07) is 0. The summed E-state index contributed by atoms with van der Waals surface area (Å²) in [6.07, 6.45) is 1.02. The summed E-state index contributed by atoms with van der Waals surface area (Å²) < 4.78 is 6.90. The molecule has 1 aliphatic rings. The normalized spacial score (nSPS) is 19.1. The zero-order chi connectivity index (χ0) is 13.1. The van der Waals surface area contributed by atoms with Gasteiger partial charge in [0.1, 0.15) is 6.54 Å². The average molecular weight is 252 g/mol. The fraction of sp³-hybridized carbons (Fsp3) is 0.667. The summed E-state index contributed by atoms with van der Waals surface area (Å²) in [6.45, 7) is 6.15. The van der Waals surface area contributed by atoms with Crippen LogP contribution >= 0.6 is 0 Å². The van der Waals surface area contributed by atoms with Gasteiger partial charge in [0.25, 0.3) is 0 Å². The highest BCUT2D eigenvalue weighted by Gasteiger charge is 2.17. The number of nitrogen functional groups attached to an aromatic ring is 1. The van der Waals surface area contributed by atoms with E-state index in [4.69, 9.17) is 10.5 Å². The Morgan fingerprint density at radius 2 is 2.39 bits per heavy atom. The van der Waals surface area contributed by atoms with Crippen LogP contribution in [-0.4, -0.2) is 35.4 Å². The van der Waals surface area contributed by atoms with E-state index < -0.39 is 0 Å². The van der Waals surface area contributed by atoms with Crippen LogP contribution < -0.4 is 11.1 Å². The number of aryl methyl sites for hydroxylation is 1. The van der Waals surface area contributed by atoms with Crippen molar-refractivity contribution in [3.63, 3.8) is 0 Å². The summed E-state index contributed by atoms with van der Waals surface area (Å²) in [4.78, 5) is 11.8. The third kappa shape index (κ3) is 2.81. The number of nitrogens with zero attached hydrogens (tertiary/aromatic N) is 2. The number of nitrogens with one attached hydrogen (secondary N) is 1. The van der Waals surface area contributed by atoms with Gasteiger partial charge in [-0.25, -0.2) is 0 Å². The molecule has 1 fully saturated rings. The molecule has 2 heterocycles. The van der Waals surface area contributed by atoms with Crippen molar-refractivity contribution in [1.82, 2.24) is 15.1 Å². The van der Waals surface area contributed by atoms with Crippen molar-refractivity contribution in [2.24, 2.45) is 5.92 Å². The molecule has 0 bridgehead atoms. The first kappa shape index (κ1) is 12.9. The standard InChI is InChI=1S/C12H20N4O2/c1-8-12(13)9(2)16(15-8)6-11(17)14-5-10-3-4-18-7-10/h10H,3-7,13H2,1-2H3,(H,14,17). The number of hydrogen-bond donors (Lipinski definition) is 2. The lowest BCUT2D eigenvalue weighted by atomic mass is 10.1. The van der Waals surface area contributed by atoms with E-state index in [1.165, 1.54) is 0 Å². The number of amides is 1. The van der Waals surface area contributed by atoms with Crippen molar-refractivity contribution in [2.75, 3.05) is 25.5 Å². The lowest BCUT2D eigenvalue weighted by Gasteiger charge is -2.10. The van der Waals surface area contributed by atoms with E-state index in [1.54, 1.807) is 4.68 Å². The molecule has 1 aromatic heterocycles. The molecule has 18 heavy (non-hydrogen) atoms. The highest BCUT2D eigenvalue weighted by Crippen LogP contribution is 2.14. The SMILES string of the molecule is Cc1nn(CC(=O)NCC2CCOC2)c(C)c1N. The van der Waals surface area contributed by atoms with Gasteiger partial charge in [-0.2, -0.15) is 5.10 Å². The second-order valence-electron chi connectivity index (χ2n) is 4.78. The van der Waals surface area contributed by atoms with E-state index >= 15 is 0 Å². The van der Waals surface area contributed by atoms with Gasteiger partial charge in [0, 0.05) is 19.1 Å². The van der Waals surface area contributed by atoms with Crippen molar-refractivity contribution < 1.29 is 9.53 Å². The number of carbonyl (C=O) groups is 1. The van der Waals surface area contributed by atoms with Crippen LogP contribution in [-0.2, 0) is 16.1 Å². The van der Waals surface area contributed by atoms with Gasteiger partial charge in [-0.05, 0) is 20.3 Å². The molecule has 1 saturated heterocycles. The molecule has 6 heteroatoms. The zero-order valence-electron chi connectivity index (χ0n) is 10.9. The molecule has 0 spiro atoms. The molecule has 1 atom stereocenters. The maximum Gasteiger partial charge on any atom is 0.241 e. The van der Waals surface area contributed by atoms with Crippen LogP contribution in [0.5, 0.6) is 0 Å². The lowest BCUT2D eigenvalue weighted by Crippen LogP contribution is -2.32. The van der Waals surface area contributed by atoms with E-state index in [-0.39, 0.29) is 12.5 Å². The Labute approximate surface area is 106 Å². The van der Waals surface area contributed by atoms with E-state index in [9.17, 15) is 4.79 Å². The molecular formula is C12H20N4O2. The fourth-order valence-corrected chi connectivity index (χ4v) is 2.06. The third-order valence-corrected chi connectivity index (χ3v) is 3.34. The van der Waals surface area contributed by atoms with Crippen molar-refractivity contribution in [3.05, 3.63) is 11.4 Å². The quantitative estimate of drug-likeness (QED) is 0.804. The van der Waals surface area contributed by atoms with Crippen molar-refractivity contribution >= 4 is 11.6 Å². The monoisotopic (exact) mass is 252 g/mol. The van der Waals surface area contributed by atoms with Gasteiger partial charge in [-0.3, -0.25) is 9.48 Å². The lowest BCUT2D eigenvalue weighted by molar-refractivity contribution is -0.122. The van der Waals surface area contributed by atoms with Gasteiger partial charge < -0.3 is 15.8 Å². The highest BCUT2D eigenvalue weighted by atomic mass is 16.5. The molecule has 2 rings (SSSR count). The molecular weight excluding hydrogens is 232 g/mol. The summed E-state index contributed by atoms with van der Waals surface area (Å²) in [5, 5.41) is 7.14. The van der Waals surface area contributed by atoms with Gasteiger partial charge in [-0.15, -0.1) is 0 Å². The Morgan fingerprint density at radius 1 is 1.61 bits per heavy atom. The number of nitrogens with two attached hydrogens (primary N) is 1. The zero-order valence-corrected chi connectivity index (χ0v) is 10.9. The van der Waals surface area contributed by atoms with E-state index in [0.29, 0.717) is 18.2 Å². The van der Waals surface area contributed by atoms with Crippen LogP contribution in [0.15, 0.2) is 0 Å². The Balaban J connectivity index is 1.84. The summed E-state index contributed by atoms with van der Waals surface area (Å²) in [7, 11) is 0. The third-order valence-electron chi connectivity index (χ3n) is 3.34. The summed E-state index contributed by atoms with van der Waals surface area (Å²) >= 11 is 0. The first-order valence-electron chi connectivity index (χ1n) is 6.22. The summed E-state index contributed by atoms with van der Waals surface area (Å²) in [5.74, 6) is 0.409. The van der Waals surface area contributed by atoms with Gasteiger partial charge in [-0.1, -0.05) is 0 Å². The fourth-order valence-electron chi connectivity index (χ4n) is 2.06. The van der Waals surface area contributed by atoms with Crippen LogP contribution in [0.1, 0.15) is 17.8 Å². The number of hydrogen-bond acceptors (Lipinski definition) is 4. The minimum Gasteiger partial charge on any atom is -0.396 e. The van der Waals surface area contributed by atoms with Crippen molar-refractivity contribution in [2.45, 2.75) is 26.8 Å². The second-order valence-corrected chi connectivity index (χ2v) is 4.78. The molecule has 3 N–H and O–H groups in total. The van der Waals surface area contributed by atoms with Crippen LogP contribution in [0, 0.1) is 19.8 Å². The smallest absolute Gasteiger partial charge is 0.241 e. The van der Waals surface area contributed by atoms with Crippen molar-refractivity contribution in [3.8, 4) is 0 Å². The summed E-state index contributed by atoms with van der Waals surface area (Å²) in [5.41, 5.74) is 8.09. The van der Waals surface area contributed by atoms with E-state index in [1.807, 2.05) is 13.8 Å². The molecule has 100 valence electrons. The van der Waals surface area contributed by atoms with Crippen LogP contribution in [0.3, 0.4) is 0 Å². The minimum atomic E-state index is -0.0347. The van der Waals surface area contributed by atoms with E-state index in [0.717, 1.165) is 31.0 Å². The van der Waals surface area contributed by atoms with Crippen LogP contribution in [0.2, 0.25) is 0 Å². The molecule has 0 saturated carbocycles. The van der Waals surface area contributed by atoms with Gasteiger partial charge in [0.05, 0.1) is 23.7 Å². The average Bonchev–Trinajstić information content (AvgIpc) is 2.93. The first-order valence-corrected chi connectivity index (χ1v) is 6.22. The molecule has 1 amide bonds. The van der Waals surface area contributed by atoms with Gasteiger partial charge >= 0.3 is 0 Å². The Morgan fingerprint density at radius 3 is 2.94 bits per heavy atom. The highest BCUT2D eigenvalue weighted by molar-refractivity contribution is 5.75. The molecule has 0 aliphatic carbocycles. The topological polar surface area (TPSA) is 82.2 Å². The second kappa shape index (κ2) is 5.39. The predicted molar refractivity (Wildman–Crippen MR) is 68.0 cm³/mol. The number of anilines is 1. The maximum absolute atomic E-state index is 11.8. The van der Waals surface area contributed by atoms with Crippen LogP contribution in [0.4, 0.5) is 5.69 Å². The molecule has 1 aromatic rings. The number of ether oxygens (including phenoxy) is 1. The first-order chi connectivity index (χ1) is 8.58. The Bertz CT molecular complexity index is 436. The predicted octanol–water partition coefficient (Wildman–Crippen LogP) is 0.235. The molecule has 0 aromatic carbocycles. The molecule has 6 nitrogen and oxygen atoms in total. The van der Waals surface area contributed by atoms with E-state index in [2.05, 4.69) is 10.4 Å². The molecule has 0 radical (unpaired) electrons. The number of aromatic nitrogens is 2. The number of carbonyl (C=O) groups excluding carboxylic acids is 1. The molecule has 1 unspecified atom stereocenters. The molecule has 1 aliphatic heterocycles. The minimum absolute atomic E-state index is 0.0347. The Kier molecular flexibility index (Phi) is 3.86. The van der Waals surface area contributed by atoms with Crippen molar-refractivity contribution in [1.29, 1.82) is 0 Å². The van der Waals surface area contributed by atoms with Gasteiger partial charge in [0.2, 0.25) is 5.91 Å². The van der Waals surface area contributed by atoms with Crippen LogP contribution in [0.25, 0.3) is 0 Å².